The Bertz CT molecular complexity index is 883. The third kappa shape index (κ3) is 5.82. The number of ether oxygens (including phenoxy) is 2. The average molecular weight is 377 g/mol. The summed E-state index contributed by atoms with van der Waals surface area (Å²) in [7, 11) is 1.64. The lowest BCUT2D eigenvalue weighted by atomic mass is 10.2. The highest BCUT2D eigenvalue weighted by Crippen LogP contribution is 2.18. The van der Waals surface area contributed by atoms with E-state index < -0.39 is 0 Å². The molecule has 1 amide bonds. The predicted molar refractivity (Wildman–Crippen MR) is 110 cm³/mol. The first kappa shape index (κ1) is 19.4. The van der Waals surface area contributed by atoms with Crippen LogP contribution >= 0.6 is 0 Å². The fourth-order valence-corrected chi connectivity index (χ4v) is 2.54. The number of carbonyl (C=O) groups excluding carboxylic acids is 1. The largest absolute Gasteiger partial charge is 0.489 e. The van der Waals surface area contributed by atoms with Crippen molar-refractivity contribution < 1.29 is 14.3 Å². The van der Waals surface area contributed by atoms with Crippen LogP contribution in [-0.4, -0.2) is 31.2 Å². The van der Waals surface area contributed by atoms with Gasteiger partial charge in [0.05, 0.1) is 17.9 Å². The number of hydrogen-bond donors (Lipinski definition) is 2. The van der Waals surface area contributed by atoms with Gasteiger partial charge in [-0.25, -0.2) is 0 Å². The molecular formula is C22H23N3O3. The number of benzene rings is 2. The van der Waals surface area contributed by atoms with Crippen LogP contribution < -0.4 is 15.4 Å². The third-order valence-electron chi connectivity index (χ3n) is 4.00. The maximum atomic E-state index is 12.5. The van der Waals surface area contributed by atoms with Crippen LogP contribution in [0.25, 0.3) is 0 Å². The summed E-state index contributed by atoms with van der Waals surface area (Å²) in [6, 6.07) is 19.0. The number of pyridine rings is 1. The molecule has 0 radical (unpaired) electrons. The van der Waals surface area contributed by atoms with Gasteiger partial charge in [-0.3, -0.25) is 9.78 Å². The van der Waals surface area contributed by atoms with E-state index in [0.717, 1.165) is 17.0 Å². The second kappa shape index (κ2) is 10.1. The Morgan fingerprint density at radius 3 is 2.54 bits per heavy atom. The molecule has 6 heteroatoms. The number of rotatable bonds is 9. The van der Waals surface area contributed by atoms with E-state index in [2.05, 4.69) is 15.6 Å². The number of hydrogen-bond acceptors (Lipinski definition) is 5. The minimum Gasteiger partial charge on any atom is -0.489 e. The molecular weight excluding hydrogens is 354 g/mol. The Hall–Kier alpha value is -3.38. The Morgan fingerprint density at radius 2 is 1.79 bits per heavy atom. The van der Waals surface area contributed by atoms with Gasteiger partial charge >= 0.3 is 0 Å². The third-order valence-corrected chi connectivity index (χ3v) is 4.00. The number of methoxy groups -OCH3 is 1. The maximum absolute atomic E-state index is 12.5. The van der Waals surface area contributed by atoms with Gasteiger partial charge in [-0.2, -0.15) is 0 Å². The van der Waals surface area contributed by atoms with E-state index in [1.165, 1.54) is 6.20 Å². The fraction of sp³-hybridized carbons (Fsp3) is 0.182. The number of nitrogens with zero attached hydrogens (tertiary/aromatic N) is 1. The molecule has 2 N–H and O–H groups in total. The van der Waals surface area contributed by atoms with Crippen LogP contribution in [0.4, 0.5) is 11.4 Å². The lowest BCUT2D eigenvalue weighted by Gasteiger charge is -2.10. The van der Waals surface area contributed by atoms with Crippen LogP contribution in [0.2, 0.25) is 0 Å². The summed E-state index contributed by atoms with van der Waals surface area (Å²) in [6.07, 6.45) is 3.21. The molecule has 0 unspecified atom stereocenters. The highest BCUT2D eigenvalue weighted by molar-refractivity contribution is 6.04. The highest BCUT2D eigenvalue weighted by atomic mass is 16.5. The lowest BCUT2D eigenvalue weighted by Crippen LogP contribution is -2.13. The second-order valence-electron chi connectivity index (χ2n) is 6.13. The molecule has 28 heavy (non-hydrogen) atoms. The van der Waals surface area contributed by atoms with Gasteiger partial charge in [-0.05, 0) is 35.9 Å². The van der Waals surface area contributed by atoms with E-state index >= 15 is 0 Å². The zero-order valence-corrected chi connectivity index (χ0v) is 15.7. The van der Waals surface area contributed by atoms with Crippen molar-refractivity contribution in [3.05, 3.63) is 84.2 Å². The molecule has 144 valence electrons. The van der Waals surface area contributed by atoms with Crippen LogP contribution in [0, 0.1) is 0 Å². The number of anilines is 2. The monoisotopic (exact) mass is 377 g/mol. The number of carbonyl (C=O) groups is 1. The summed E-state index contributed by atoms with van der Waals surface area (Å²) in [6.45, 7) is 1.73. The molecule has 2 aromatic carbocycles. The number of nitrogens with one attached hydrogen (secondary N) is 2. The fourth-order valence-electron chi connectivity index (χ4n) is 2.54. The van der Waals surface area contributed by atoms with Gasteiger partial charge in [0.2, 0.25) is 0 Å². The van der Waals surface area contributed by atoms with Crippen molar-refractivity contribution in [1.82, 2.24) is 4.98 Å². The molecule has 3 rings (SSSR count). The molecule has 6 nitrogen and oxygen atoms in total. The molecule has 0 atom stereocenters. The van der Waals surface area contributed by atoms with Gasteiger partial charge in [0, 0.05) is 31.7 Å². The summed E-state index contributed by atoms with van der Waals surface area (Å²) in [5.41, 5.74) is 3.04. The Morgan fingerprint density at radius 1 is 1.00 bits per heavy atom. The Labute approximate surface area is 164 Å². The van der Waals surface area contributed by atoms with E-state index in [1.54, 1.807) is 19.4 Å². The molecule has 1 heterocycles. The minimum absolute atomic E-state index is 0.221. The molecule has 0 aliphatic rings. The molecule has 0 spiro atoms. The zero-order valence-electron chi connectivity index (χ0n) is 15.7. The highest BCUT2D eigenvalue weighted by Gasteiger charge is 2.08. The van der Waals surface area contributed by atoms with Crippen molar-refractivity contribution >= 4 is 17.3 Å². The first-order valence-electron chi connectivity index (χ1n) is 9.00. The summed E-state index contributed by atoms with van der Waals surface area (Å²) < 4.78 is 10.8. The smallest absolute Gasteiger partial charge is 0.257 e. The standard InChI is InChI=1S/C22H23N3O3/c1-27-12-11-24-20-13-18(14-23-15-20)22(26)25-19-7-9-21(10-8-19)28-16-17-5-3-2-4-6-17/h2-10,13-15,24H,11-12,16H2,1H3,(H,25,26). The quantitative estimate of drug-likeness (QED) is 0.552. The molecule has 1 aromatic heterocycles. The molecule has 0 saturated heterocycles. The van der Waals surface area contributed by atoms with Crippen molar-refractivity contribution in [3.8, 4) is 5.75 Å². The van der Waals surface area contributed by atoms with Crippen LogP contribution in [0.1, 0.15) is 15.9 Å². The summed E-state index contributed by atoms with van der Waals surface area (Å²) in [4.78, 5) is 16.6. The topological polar surface area (TPSA) is 72.5 Å². The molecule has 0 bridgehead atoms. The van der Waals surface area contributed by atoms with Crippen molar-refractivity contribution in [2.75, 3.05) is 30.9 Å². The molecule has 0 aliphatic carbocycles. The van der Waals surface area contributed by atoms with Gasteiger partial charge in [0.25, 0.3) is 5.91 Å². The molecule has 0 aliphatic heterocycles. The zero-order chi connectivity index (χ0) is 19.6. The molecule has 0 saturated carbocycles. The van der Waals surface area contributed by atoms with Crippen molar-refractivity contribution in [3.63, 3.8) is 0 Å². The number of aromatic nitrogens is 1. The maximum Gasteiger partial charge on any atom is 0.257 e. The SMILES string of the molecule is COCCNc1cncc(C(=O)Nc2ccc(OCc3ccccc3)cc2)c1. The summed E-state index contributed by atoms with van der Waals surface area (Å²) in [5, 5.41) is 6.02. The van der Waals surface area contributed by atoms with Crippen LogP contribution in [0.3, 0.4) is 0 Å². The summed E-state index contributed by atoms with van der Waals surface area (Å²) >= 11 is 0. The summed E-state index contributed by atoms with van der Waals surface area (Å²) in [5.74, 6) is 0.522. The van der Waals surface area contributed by atoms with Gasteiger partial charge < -0.3 is 20.1 Å². The van der Waals surface area contributed by atoms with E-state index in [-0.39, 0.29) is 5.91 Å². The first-order valence-corrected chi connectivity index (χ1v) is 9.00. The van der Waals surface area contributed by atoms with Gasteiger partial charge in [-0.1, -0.05) is 30.3 Å². The normalized spacial score (nSPS) is 10.3. The van der Waals surface area contributed by atoms with Crippen LogP contribution in [0.5, 0.6) is 5.75 Å². The van der Waals surface area contributed by atoms with E-state index in [1.807, 2.05) is 54.6 Å². The van der Waals surface area contributed by atoms with Crippen molar-refractivity contribution in [2.24, 2.45) is 0 Å². The lowest BCUT2D eigenvalue weighted by molar-refractivity contribution is 0.102. The molecule has 3 aromatic rings. The molecule has 0 fully saturated rings. The van der Waals surface area contributed by atoms with Crippen molar-refractivity contribution in [2.45, 2.75) is 6.61 Å². The van der Waals surface area contributed by atoms with Crippen molar-refractivity contribution in [1.29, 1.82) is 0 Å². The Kier molecular flexibility index (Phi) is 6.98. The van der Waals surface area contributed by atoms with Crippen LogP contribution in [0.15, 0.2) is 73.1 Å². The van der Waals surface area contributed by atoms with Crippen LogP contribution in [-0.2, 0) is 11.3 Å². The first-order chi connectivity index (χ1) is 13.7. The van der Waals surface area contributed by atoms with Gasteiger partial charge in [0.15, 0.2) is 0 Å². The minimum atomic E-state index is -0.221. The van der Waals surface area contributed by atoms with Gasteiger partial charge in [-0.15, -0.1) is 0 Å². The number of amides is 1. The Balaban J connectivity index is 1.54. The second-order valence-corrected chi connectivity index (χ2v) is 6.13. The van der Waals surface area contributed by atoms with E-state index in [4.69, 9.17) is 9.47 Å². The predicted octanol–water partition coefficient (Wildman–Crippen LogP) is 3.97. The average Bonchev–Trinajstić information content (AvgIpc) is 2.74. The van der Waals surface area contributed by atoms with Gasteiger partial charge in [0.1, 0.15) is 12.4 Å². The van der Waals surface area contributed by atoms with E-state index in [9.17, 15) is 4.79 Å². The van der Waals surface area contributed by atoms with E-state index in [0.29, 0.717) is 31.0 Å².